The molecule has 1 N–H and O–H groups in total. The summed E-state index contributed by atoms with van der Waals surface area (Å²) >= 11 is 5.05. The van der Waals surface area contributed by atoms with Gasteiger partial charge >= 0.3 is 0 Å². The fourth-order valence-electron chi connectivity index (χ4n) is 1.09. The van der Waals surface area contributed by atoms with Crippen LogP contribution in [0, 0.1) is 0 Å². The first-order valence-corrected chi connectivity index (χ1v) is 4.02. The molecule has 1 aliphatic rings. The highest BCUT2D eigenvalue weighted by molar-refractivity contribution is 7.80. The molecule has 2 heterocycles. The van der Waals surface area contributed by atoms with Crippen LogP contribution >= 0.6 is 12.2 Å². The summed E-state index contributed by atoms with van der Waals surface area (Å²) in [7, 11) is 0. The molecule has 0 fully saturated rings. The van der Waals surface area contributed by atoms with E-state index >= 15 is 0 Å². The molecule has 0 spiro atoms. The molecule has 0 unspecified atom stereocenters. The molecule has 12 heavy (non-hydrogen) atoms. The van der Waals surface area contributed by atoms with E-state index in [4.69, 9.17) is 12.2 Å². The summed E-state index contributed by atoms with van der Waals surface area (Å²) in [4.78, 5) is 8.86. The quantitative estimate of drug-likeness (QED) is 0.598. The van der Waals surface area contributed by atoms with Gasteiger partial charge in [0, 0.05) is 24.4 Å². The number of hydrogen-bond donors (Lipinski definition) is 1. The summed E-state index contributed by atoms with van der Waals surface area (Å²) in [5, 5.41) is 2.97. The summed E-state index contributed by atoms with van der Waals surface area (Å²) in [5.74, 6) is 0. The number of thiocarbonyl (C=S) groups is 1. The lowest BCUT2D eigenvalue weighted by atomic mass is 10.2. The van der Waals surface area contributed by atoms with E-state index in [0.717, 1.165) is 22.7 Å². The van der Waals surface area contributed by atoms with Crippen molar-refractivity contribution in [1.29, 1.82) is 0 Å². The topological polar surface area (TPSA) is 37.8 Å². The van der Waals surface area contributed by atoms with Crippen molar-refractivity contribution in [3.63, 3.8) is 0 Å². The maximum atomic E-state index is 5.05. The third-order valence-corrected chi connectivity index (χ3v) is 1.92. The van der Waals surface area contributed by atoms with Gasteiger partial charge in [-0.25, -0.2) is 9.97 Å². The van der Waals surface area contributed by atoms with E-state index in [-0.39, 0.29) is 0 Å². The lowest BCUT2D eigenvalue weighted by Gasteiger charge is -2.00. The van der Waals surface area contributed by atoms with Gasteiger partial charge in [0.1, 0.15) is 6.33 Å². The Morgan fingerprint density at radius 3 is 3.33 bits per heavy atom. The van der Waals surface area contributed by atoms with Crippen molar-refractivity contribution in [3.8, 4) is 0 Å². The molecule has 0 bridgehead atoms. The minimum absolute atomic E-state index is 0.721. The summed E-state index contributed by atoms with van der Waals surface area (Å²) < 4.78 is 0. The van der Waals surface area contributed by atoms with Gasteiger partial charge in [-0.3, -0.25) is 0 Å². The number of hydrogen-bond acceptors (Lipinski definition) is 3. The van der Waals surface area contributed by atoms with Crippen molar-refractivity contribution in [1.82, 2.24) is 15.3 Å². The van der Waals surface area contributed by atoms with Crippen molar-refractivity contribution in [2.45, 2.75) is 6.42 Å². The molecular formula is C8H7N3S. The molecule has 0 radical (unpaired) electrons. The minimum Gasteiger partial charge on any atom is -0.356 e. The molecule has 0 aliphatic carbocycles. The molecule has 1 aliphatic heterocycles. The summed E-state index contributed by atoms with van der Waals surface area (Å²) in [6.45, 7) is 0. The lowest BCUT2D eigenvalue weighted by Crippen LogP contribution is -2.15. The highest BCUT2D eigenvalue weighted by Gasteiger charge is 2.06. The van der Waals surface area contributed by atoms with Crippen molar-refractivity contribution in [2.24, 2.45) is 0 Å². The van der Waals surface area contributed by atoms with Crippen LogP contribution in [-0.2, 0) is 6.42 Å². The third kappa shape index (κ3) is 1.33. The van der Waals surface area contributed by atoms with Gasteiger partial charge in [-0.15, -0.1) is 0 Å². The lowest BCUT2D eigenvalue weighted by molar-refractivity contribution is 1.09. The first kappa shape index (κ1) is 7.36. The second kappa shape index (κ2) is 2.98. The van der Waals surface area contributed by atoms with Crippen LogP contribution < -0.4 is 5.32 Å². The van der Waals surface area contributed by atoms with Gasteiger partial charge in [0.25, 0.3) is 0 Å². The Hall–Kier alpha value is -1.29. The SMILES string of the molecule is S=C1Cc2cncnc2C=CN1. The normalized spacial score (nSPS) is 14.8. The fourth-order valence-corrected chi connectivity index (χ4v) is 1.32. The van der Waals surface area contributed by atoms with Crippen LogP contribution in [0.3, 0.4) is 0 Å². The Labute approximate surface area is 75.5 Å². The predicted octanol–water partition coefficient (Wildman–Crippen LogP) is 0.920. The highest BCUT2D eigenvalue weighted by Crippen LogP contribution is 2.09. The zero-order valence-corrected chi connectivity index (χ0v) is 7.14. The van der Waals surface area contributed by atoms with E-state index in [9.17, 15) is 0 Å². The number of rotatable bonds is 0. The van der Waals surface area contributed by atoms with Gasteiger partial charge in [0.05, 0.1) is 10.7 Å². The zero-order valence-electron chi connectivity index (χ0n) is 6.32. The molecule has 1 aromatic heterocycles. The second-order valence-electron chi connectivity index (χ2n) is 2.51. The number of nitrogens with zero attached hydrogens (tertiary/aromatic N) is 2. The van der Waals surface area contributed by atoms with E-state index in [1.807, 2.05) is 6.08 Å². The Kier molecular flexibility index (Phi) is 1.83. The van der Waals surface area contributed by atoms with Crippen LogP contribution in [0.25, 0.3) is 6.08 Å². The summed E-state index contributed by atoms with van der Waals surface area (Å²) in [5.41, 5.74) is 2.01. The molecular weight excluding hydrogens is 170 g/mol. The van der Waals surface area contributed by atoms with Gasteiger partial charge in [0.2, 0.25) is 0 Å². The molecule has 0 aromatic carbocycles. The Morgan fingerprint density at radius 1 is 1.50 bits per heavy atom. The van der Waals surface area contributed by atoms with Crippen LogP contribution in [-0.4, -0.2) is 15.0 Å². The van der Waals surface area contributed by atoms with E-state index < -0.39 is 0 Å². The van der Waals surface area contributed by atoms with Crippen molar-refractivity contribution in [2.75, 3.05) is 0 Å². The van der Waals surface area contributed by atoms with Crippen molar-refractivity contribution >= 4 is 23.3 Å². The summed E-state index contributed by atoms with van der Waals surface area (Å²) in [6, 6.07) is 0. The smallest absolute Gasteiger partial charge is 0.116 e. The molecule has 0 atom stereocenters. The van der Waals surface area contributed by atoms with Gasteiger partial charge in [-0.05, 0) is 6.08 Å². The van der Waals surface area contributed by atoms with E-state index in [2.05, 4.69) is 15.3 Å². The molecule has 1 aromatic rings. The van der Waals surface area contributed by atoms with Gasteiger partial charge < -0.3 is 5.32 Å². The predicted molar refractivity (Wildman–Crippen MR) is 50.5 cm³/mol. The zero-order chi connectivity index (χ0) is 8.39. The van der Waals surface area contributed by atoms with E-state index in [1.165, 1.54) is 6.33 Å². The molecule has 0 saturated heterocycles. The van der Waals surface area contributed by atoms with E-state index in [1.54, 1.807) is 12.4 Å². The number of aromatic nitrogens is 2. The summed E-state index contributed by atoms with van der Waals surface area (Å²) in [6.07, 6.45) is 7.76. The third-order valence-electron chi connectivity index (χ3n) is 1.66. The van der Waals surface area contributed by atoms with Crippen LogP contribution in [0.1, 0.15) is 11.3 Å². The Morgan fingerprint density at radius 2 is 2.42 bits per heavy atom. The van der Waals surface area contributed by atoms with Crippen LogP contribution in [0.5, 0.6) is 0 Å². The Balaban J connectivity index is 2.48. The van der Waals surface area contributed by atoms with Crippen molar-refractivity contribution in [3.05, 3.63) is 30.0 Å². The average Bonchev–Trinajstić information content (AvgIpc) is 2.25. The van der Waals surface area contributed by atoms with Gasteiger partial charge in [-0.2, -0.15) is 0 Å². The first-order valence-electron chi connectivity index (χ1n) is 3.61. The molecule has 0 amide bonds. The monoisotopic (exact) mass is 177 g/mol. The number of nitrogens with one attached hydrogen (secondary N) is 1. The highest BCUT2D eigenvalue weighted by atomic mass is 32.1. The van der Waals surface area contributed by atoms with Gasteiger partial charge in [0.15, 0.2) is 0 Å². The minimum atomic E-state index is 0.721. The van der Waals surface area contributed by atoms with Crippen LogP contribution in [0.15, 0.2) is 18.7 Å². The maximum Gasteiger partial charge on any atom is 0.116 e. The fraction of sp³-hybridized carbons (Fsp3) is 0.125. The maximum absolute atomic E-state index is 5.05. The van der Waals surface area contributed by atoms with Crippen LogP contribution in [0.4, 0.5) is 0 Å². The average molecular weight is 177 g/mol. The standard InChI is InChI=1S/C8H7N3S/c12-8-3-6-4-9-5-11-7(6)1-2-10-8/h1-2,4-5H,3H2,(H,10,12). The molecule has 2 rings (SSSR count). The van der Waals surface area contributed by atoms with E-state index in [0.29, 0.717) is 0 Å². The molecule has 0 saturated carbocycles. The molecule has 3 nitrogen and oxygen atoms in total. The first-order chi connectivity index (χ1) is 5.86. The molecule has 60 valence electrons. The van der Waals surface area contributed by atoms with Crippen molar-refractivity contribution < 1.29 is 0 Å². The van der Waals surface area contributed by atoms with Gasteiger partial charge in [-0.1, -0.05) is 12.2 Å². The Bertz CT molecular complexity index is 346. The number of fused-ring (bicyclic) bond motifs is 1. The van der Waals surface area contributed by atoms with Crippen LogP contribution in [0.2, 0.25) is 0 Å². The molecule has 4 heteroatoms. The second-order valence-corrected chi connectivity index (χ2v) is 3.00. The largest absolute Gasteiger partial charge is 0.356 e.